The van der Waals surface area contributed by atoms with Crippen molar-refractivity contribution in [2.24, 2.45) is 4.99 Å². The van der Waals surface area contributed by atoms with Gasteiger partial charge in [-0.2, -0.15) is 0 Å². The van der Waals surface area contributed by atoms with E-state index in [4.69, 9.17) is 0 Å². The molecule has 0 radical (unpaired) electrons. The van der Waals surface area contributed by atoms with Crippen LogP contribution in [0.5, 0.6) is 0 Å². The molecule has 1 amide bonds. The summed E-state index contributed by atoms with van der Waals surface area (Å²) in [6.45, 7) is 12.7. The van der Waals surface area contributed by atoms with Gasteiger partial charge >= 0.3 is 0 Å². The number of likely N-dealkylation sites (N-methyl/N-ethyl adjacent to an activating group) is 1. The van der Waals surface area contributed by atoms with E-state index < -0.39 is 0 Å². The number of hydrogen-bond donors (Lipinski definition) is 2. The van der Waals surface area contributed by atoms with Gasteiger partial charge in [-0.05, 0) is 27.7 Å². The van der Waals surface area contributed by atoms with Gasteiger partial charge in [-0.15, -0.1) is 0 Å². The smallest absolute Gasteiger partial charge is 0.243 e. The van der Waals surface area contributed by atoms with E-state index in [-0.39, 0.29) is 18.0 Å². The molecule has 0 fully saturated rings. The van der Waals surface area contributed by atoms with Gasteiger partial charge in [-0.3, -0.25) is 4.79 Å². The number of nitrogens with zero attached hydrogens (tertiary/aromatic N) is 2. The second-order valence-corrected chi connectivity index (χ2v) is 5.64. The molecule has 0 saturated heterocycles. The summed E-state index contributed by atoms with van der Waals surface area (Å²) in [7, 11) is 3.44. The number of carbonyl (C=O) groups is 1. The van der Waals surface area contributed by atoms with Crippen LogP contribution in [0.1, 0.15) is 27.7 Å². The third-order valence-electron chi connectivity index (χ3n) is 1.92. The van der Waals surface area contributed by atoms with Crippen molar-refractivity contribution in [1.29, 1.82) is 0 Å². The predicted octanol–water partition coefficient (Wildman–Crippen LogP) is 0.984. The van der Waals surface area contributed by atoms with E-state index in [9.17, 15) is 4.79 Å². The summed E-state index contributed by atoms with van der Waals surface area (Å²) < 4.78 is 0. The van der Waals surface area contributed by atoms with Crippen molar-refractivity contribution in [3.8, 4) is 0 Å². The number of carbonyl (C=O) groups excluding carboxylic acids is 1. The van der Waals surface area contributed by atoms with Crippen LogP contribution >= 0.6 is 0 Å². The molecule has 5 heteroatoms. The van der Waals surface area contributed by atoms with Gasteiger partial charge in [0.15, 0.2) is 5.96 Å². The van der Waals surface area contributed by atoms with Gasteiger partial charge in [0.2, 0.25) is 5.91 Å². The molecular weight excluding hydrogens is 228 g/mol. The van der Waals surface area contributed by atoms with Crippen LogP contribution in [-0.4, -0.2) is 49.5 Å². The molecule has 0 saturated carbocycles. The molecule has 0 spiro atoms. The minimum atomic E-state index is -0.109. The summed E-state index contributed by atoms with van der Waals surface area (Å²) in [5.41, 5.74) is 0.902. The van der Waals surface area contributed by atoms with E-state index >= 15 is 0 Å². The Kier molecular flexibility index (Phi) is 6.44. The van der Waals surface area contributed by atoms with Crippen molar-refractivity contribution >= 4 is 11.9 Å². The molecule has 0 rings (SSSR count). The number of amides is 1. The van der Waals surface area contributed by atoms with E-state index in [1.165, 1.54) is 4.90 Å². The van der Waals surface area contributed by atoms with Crippen molar-refractivity contribution in [3.63, 3.8) is 0 Å². The molecular formula is C13H26N4O. The molecule has 0 aromatic heterocycles. The fraction of sp³-hybridized carbons (Fsp3) is 0.692. The Labute approximate surface area is 110 Å². The Balaban J connectivity index is 4.59. The van der Waals surface area contributed by atoms with Crippen LogP contribution in [0.25, 0.3) is 0 Å². The highest BCUT2D eigenvalue weighted by molar-refractivity contribution is 5.85. The average molecular weight is 254 g/mol. The van der Waals surface area contributed by atoms with Crippen molar-refractivity contribution in [3.05, 3.63) is 12.2 Å². The van der Waals surface area contributed by atoms with Crippen molar-refractivity contribution in [1.82, 2.24) is 15.5 Å². The summed E-state index contributed by atoms with van der Waals surface area (Å²) in [6, 6.07) is 0. The first-order valence-electron chi connectivity index (χ1n) is 6.03. The summed E-state index contributed by atoms with van der Waals surface area (Å²) in [5, 5.41) is 6.37. The molecule has 0 aliphatic carbocycles. The molecule has 104 valence electrons. The Bertz CT molecular complexity index is 326. The molecule has 0 aliphatic rings. The maximum Gasteiger partial charge on any atom is 0.243 e. The number of nitrogens with one attached hydrogen (secondary N) is 2. The summed E-state index contributed by atoms with van der Waals surface area (Å²) in [6.07, 6.45) is 0. The SMILES string of the molecule is C=C(C)CNC(=NCC(=O)N(C)C)NC(C)(C)C. The lowest BCUT2D eigenvalue weighted by Crippen LogP contribution is -2.48. The Hall–Kier alpha value is -1.52. The van der Waals surface area contributed by atoms with Gasteiger partial charge in [0.25, 0.3) is 0 Å². The molecule has 0 aromatic rings. The lowest BCUT2D eigenvalue weighted by molar-refractivity contribution is -0.127. The first-order valence-corrected chi connectivity index (χ1v) is 6.03. The third kappa shape index (κ3) is 8.61. The van der Waals surface area contributed by atoms with Crippen LogP contribution in [0.3, 0.4) is 0 Å². The highest BCUT2D eigenvalue weighted by Crippen LogP contribution is 1.98. The lowest BCUT2D eigenvalue weighted by atomic mass is 10.1. The Morgan fingerprint density at radius 3 is 2.28 bits per heavy atom. The highest BCUT2D eigenvalue weighted by Gasteiger charge is 2.12. The molecule has 0 aromatic carbocycles. The van der Waals surface area contributed by atoms with Crippen LogP contribution in [0.15, 0.2) is 17.1 Å². The van der Waals surface area contributed by atoms with Crippen LogP contribution in [0, 0.1) is 0 Å². The molecule has 0 heterocycles. The first-order chi connectivity index (χ1) is 8.11. The monoisotopic (exact) mass is 254 g/mol. The van der Waals surface area contributed by atoms with Gasteiger partial charge in [-0.1, -0.05) is 12.2 Å². The fourth-order valence-corrected chi connectivity index (χ4v) is 1.02. The number of hydrogen-bond acceptors (Lipinski definition) is 2. The standard InChI is InChI=1S/C13H26N4O/c1-10(2)8-14-12(16-13(3,4)5)15-9-11(18)17(6)7/h1,8-9H2,2-7H3,(H2,14,15,16). The van der Waals surface area contributed by atoms with Crippen LogP contribution in [0.4, 0.5) is 0 Å². The minimum absolute atomic E-state index is 0.0275. The van der Waals surface area contributed by atoms with E-state index in [1.54, 1.807) is 14.1 Å². The highest BCUT2D eigenvalue weighted by atomic mass is 16.2. The fourth-order valence-electron chi connectivity index (χ4n) is 1.02. The Morgan fingerprint density at radius 2 is 1.89 bits per heavy atom. The predicted molar refractivity (Wildman–Crippen MR) is 76.7 cm³/mol. The summed E-state index contributed by atoms with van der Waals surface area (Å²) >= 11 is 0. The largest absolute Gasteiger partial charge is 0.353 e. The Morgan fingerprint density at radius 1 is 1.33 bits per heavy atom. The average Bonchev–Trinajstić information content (AvgIpc) is 2.19. The van der Waals surface area contributed by atoms with Crippen LogP contribution in [-0.2, 0) is 4.79 Å². The minimum Gasteiger partial charge on any atom is -0.353 e. The molecule has 0 unspecified atom stereocenters. The molecule has 2 N–H and O–H groups in total. The summed E-state index contributed by atoms with van der Waals surface area (Å²) in [5.74, 6) is 0.598. The molecule has 0 aliphatic heterocycles. The zero-order valence-electron chi connectivity index (χ0n) is 12.4. The van der Waals surface area contributed by atoms with Gasteiger partial charge < -0.3 is 15.5 Å². The quantitative estimate of drug-likeness (QED) is 0.447. The van der Waals surface area contributed by atoms with Gasteiger partial charge in [0, 0.05) is 26.2 Å². The molecule has 18 heavy (non-hydrogen) atoms. The molecule has 0 atom stereocenters. The van der Waals surface area contributed by atoms with Gasteiger partial charge in [-0.25, -0.2) is 4.99 Å². The number of rotatable bonds is 4. The van der Waals surface area contributed by atoms with E-state index in [1.807, 2.05) is 27.7 Å². The van der Waals surface area contributed by atoms with E-state index in [2.05, 4.69) is 22.2 Å². The van der Waals surface area contributed by atoms with E-state index in [0.717, 1.165) is 5.57 Å². The number of aliphatic imine (C=N–C) groups is 1. The molecule has 0 bridgehead atoms. The maximum atomic E-state index is 11.5. The zero-order chi connectivity index (χ0) is 14.3. The van der Waals surface area contributed by atoms with Crippen molar-refractivity contribution in [2.75, 3.05) is 27.2 Å². The van der Waals surface area contributed by atoms with Gasteiger partial charge in [0.1, 0.15) is 6.54 Å². The van der Waals surface area contributed by atoms with E-state index in [0.29, 0.717) is 12.5 Å². The third-order valence-corrected chi connectivity index (χ3v) is 1.92. The zero-order valence-corrected chi connectivity index (χ0v) is 12.4. The maximum absolute atomic E-state index is 11.5. The van der Waals surface area contributed by atoms with Crippen LogP contribution in [0.2, 0.25) is 0 Å². The van der Waals surface area contributed by atoms with Crippen molar-refractivity contribution < 1.29 is 4.79 Å². The number of guanidine groups is 1. The first kappa shape index (κ1) is 16.5. The topological polar surface area (TPSA) is 56.7 Å². The normalized spacial score (nSPS) is 12.0. The summed E-state index contributed by atoms with van der Waals surface area (Å²) in [4.78, 5) is 17.3. The molecule has 5 nitrogen and oxygen atoms in total. The van der Waals surface area contributed by atoms with Gasteiger partial charge in [0.05, 0.1) is 0 Å². The second-order valence-electron chi connectivity index (χ2n) is 5.64. The van der Waals surface area contributed by atoms with Crippen LogP contribution < -0.4 is 10.6 Å². The van der Waals surface area contributed by atoms with Crippen molar-refractivity contribution in [2.45, 2.75) is 33.2 Å². The lowest BCUT2D eigenvalue weighted by Gasteiger charge is -2.24. The second kappa shape index (κ2) is 7.03.